The number of benzene rings is 3. The maximum Gasteiger partial charge on any atom is 0.488 e. The van der Waals surface area contributed by atoms with Gasteiger partial charge in [-0.3, -0.25) is 19.4 Å². The van der Waals surface area contributed by atoms with Crippen LogP contribution in [0.1, 0.15) is 43.2 Å². The molecule has 2 amide bonds. The van der Waals surface area contributed by atoms with Gasteiger partial charge in [0, 0.05) is 35.7 Å². The highest BCUT2D eigenvalue weighted by Crippen LogP contribution is 2.19. The SMILES string of the molecule is COc1ccc2c(=O)cc(C(=O)N/N=C/c3cc(/C=N/NC(=O)c4cncc(C#Cc5ccccc5)c4)cc(B(O)O)c3)oc2c1. The summed E-state index contributed by atoms with van der Waals surface area (Å²) in [6.07, 6.45) is 5.46. The molecule has 12 nitrogen and oxygen atoms in total. The third-order valence-corrected chi connectivity index (χ3v) is 6.34. The average molecular weight is 613 g/mol. The number of amides is 2. The quantitative estimate of drug-likeness (QED) is 0.0887. The molecule has 5 rings (SSSR count). The predicted octanol–water partition coefficient (Wildman–Crippen LogP) is 1.80. The van der Waals surface area contributed by atoms with Crippen LogP contribution in [0.3, 0.4) is 0 Å². The Bertz CT molecular complexity index is 2100. The van der Waals surface area contributed by atoms with Crippen LogP contribution in [-0.2, 0) is 0 Å². The third-order valence-electron chi connectivity index (χ3n) is 6.34. The van der Waals surface area contributed by atoms with Crippen molar-refractivity contribution in [1.82, 2.24) is 15.8 Å². The molecule has 226 valence electrons. The number of nitrogens with one attached hydrogen (secondary N) is 2. The van der Waals surface area contributed by atoms with Crippen LogP contribution in [0.2, 0.25) is 0 Å². The highest BCUT2D eigenvalue weighted by molar-refractivity contribution is 6.58. The summed E-state index contributed by atoms with van der Waals surface area (Å²) >= 11 is 0. The minimum atomic E-state index is -1.82. The number of carbonyl (C=O) groups excluding carboxylic acids is 2. The Labute approximate surface area is 262 Å². The van der Waals surface area contributed by atoms with Crippen LogP contribution in [0.25, 0.3) is 11.0 Å². The van der Waals surface area contributed by atoms with Gasteiger partial charge in [-0.2, -0.15) is 10.2 Å². The van der Waals surface area contributed by atoms with Crippen molar-refractivity contribution < 1.29 is 28.8 Å². The Balaban J connectivity index is 1.26. The number of carbonyl (C=O) groups is 2. The summed E-state index contributed by atoms with van der Waals surface area (Å²) in [6.45, 7) is 0. The smallest absolute Gasteiger partial charge is 0.488 e. The minimum Gasteiger partial charge on any atom is -0.497 e. The van der Waals surface area contributed by atoms with Gasteiger partial charge in [0.1, 0.15) is 11.3 Å². The number of pyridine rings is 1. The van der Waals surface area contributed by atoms with Crippen LogP contribution in [0.5, 0.6) is 5.75 Å². The maximum absolute atomic E-state index is 12.7. The number of hydrazone groups is 2. The third kappa shape index (κ3) is 7.97. The van der Waals surface area contributed by atoms with E-state index in [0.717, 1.165) is 11.6 Å². The van der Waals surface area contributed by atoms with Crippen molar-refractivity contribution in [3.63, 3.8) is 0 Å². The van der Waals surface area contributed by atoms with Gasteiger partial charge in [0.15, 0.2) is 11.2 Å². The van der Waals surface area contributed by atoms with Crippen molar-refractivity contribution >= 4 is 47.8 Å². The largest absolute Gasteiger partial charge is 0.497 e. The fourth-order valence-corrected chi connectivity index (χ4v) is 4.12. The first kappa shape index (κ1) is 31.1. The Morgan fingerprint density at radius 2 is 1.57 bits per heavy atom. The molecular formula is C33H24BN5O7. The second kappa shape index (κ2) is 14.4. The normalized spacial score (nSPS) is 10.8. The molecule has 0 saturated heterocycles. The summed E-state index contributed by atoms with van der Waals surface area (Å²) in [4.78, 5) is 41.8. The summed E-state index contributed by atoms with van der Waals surface area (Å²) in [5, 5.41) is 27.6. The van der Waals surface area contributed by atoms with Crippen molar-refractivity contribution in [2.45, 2.75) is 0 Å². The van der Waals surface area contributed by atoms with Crippen molar-refractivity contribution in [2.24, 2.45) is 10.2 Å². The average Bonchev–Trinajstić information content (AvgIpc) is 3.07. The Hall–Kier alpha value is -6.36. The molecule has 3 aromatic carbocycles. The number of hydrogen-bond acceptors (Lipinski definition) is 10. The maximum atomic E-state index is 12.7. The van der Waals surface area contributed by atoms with Crippen LogP contribution in [0.15, 0.2) is 111 Å². The van der Waals surface area contributed by atoms with Gasteiger partial charge < -0.3 is 19.2 Å². The first-order chi connectivity index (χ1) is 22.3. The summed E-state index contributed by atoms with van der Waals surface area (Å²) in [6, 6.07) is 21.1. The number of fused-ring (bicyclic) bond motifs is 1. The first-order valence-corrected chi connectivity index (χ1v) is 13.6. The Morgan fingerprint density at radius 1 is 0.870 bits per heavy atom. The molecule has 0 bridgehead atoms. The highest BCUT2D eigenvalue weighted by atomic mass is 16.5. The molecule has 5 aromatic rings. The summed E-state index contributed by atoms with van der Waals surface area (Å²) < 4.78 is 10.7. The minimum absolute atomic E-state index is 0.103. The molecule has 0 unspecified atom stereocenters. The molecule has 0 fully saturated rings. The van der Waals surface area contributed by atoms with Gasteiger partial charge in [0.05, 0.1) is 30.5 Å². The molecular weight excluding hydrogens is 589 g/mol. The second-order valence-electron chi connectivity index (χ2n) is 9.62. The van der Waals surface area contributed by atoms with Gasteiger partial charge in [-0.25, -0.2) is 10.9 Å². The summed E-state index contributed by atoms with van der Waals surface area (Å²) in [5.74, 6) is 4.83. The highest BCUT2D eigenvalue weighted by Gasteiger charge is 2.14. The van der Waals surface area contributed by atoms with Crippen LogP contribution < -0.4 is 26.5 Å². The molecule has 0 saturated carbocycles. The lowest BCUT2D eigenvalue weighted by molar-refractivity contribution is 0.0926. The fraction of sp³-hybridized carbons (Fsp3) is 0.0303. The van der Waals surface area contributed by atoms with Gasteiger partial charge in [-0.1, -0.05) is 42.2 Å². The van der Waals surface area contributed by atoms with Crippen molar-refractivity contribution in [1.29, 1.82) is 0 Å². The Kier molecular flexibility index (Phi) is 9.74. The lowest BCUT2D eigenvalue weighted by Gasteiger charge is -2.05. The molecule has 4 N–H and O–H groups in total. The second-order valence-corrected chi connectivity index (χ2v) is 9.62. The first-order valence-electron chi connectivity index (χ1n) is 13.6. The van der Waals surface area contributed by atoms with Gasteiger partial charge in [0.2, 0.25) is 0 Å². The van der Waals surface area contributed by atoms with Crippen LogP contribution >= 0.6 is 0 Å². The molecule has 0 aliphatic carbocycles. The van der Waals surface area contributed by atoms with Crippen LogP contribution in [0.4, 0.5) is 0 Å². The number of ether oxygens (including phenoxy) is 1. The van der Waals surface area contributed by atoms with Crippen molar-refractivity contribution in [2.75, 3.05) is 7.11 Å². The van der Waals surface area contributed by atoms with Gasteiger partial charge in [0.25, 0.3) is 5.91 Å². The van der Waals surface area contributed by atoms with E-state index in [4.69, 9.17) is 9.15 Å². The molecule has 0 aliphatic heterocycles. The monoisotopic (exact) mass is 613 g/mol. The number of nitrogens with zero attached hydrogens (tertiary/aromatic N) is 3. The standard InChI is InChI=1S/C33H24BN5O7/c1-45-27-9-10-28-29(40)16-31(46-30(28)15-27)33(42)39-37-19-24-11-23(13-26(14-24)34(43)44)18-36-38-32(41)25-12-22(17-35-20-25)8-7-21-5-3-2-4-6-21/h2-6,9-20,43-44H,1H3,(H,38,41)(H,39,42)/b36-18+,37-19+. The van der Waals surface area contributed by atoms with Crippen LogP contribution in [-0.4, -0.2) is 53.5 Å². The van der Waals surface area contributed by atoms with E-state index in [0.29, 0.717) is 22.4 Å². The van der Waals surface area contributed by atoms with E-state index in [1.54, 1.807) is 24.4 Å². The molecule has 2 aromatic heterocycles. The lowest BCUT2D eigenvalue weighted by atomic mass is 9.79. The van der Waals surface area contributed by atoms with E-state index in [1.807, 2.05) is 30.3 Å². The number of aromatic nitrogens is 1. The lowest BCUT2D eigenvalue weighted by Crippen LogP contribution is -2.30. The molecule has 2 heterocycles. The molecule has 0 spiro atoms. The number of rotatable bonds is 8. The van der Waals surface area contributed by atoms with Crippen molar-refractivity contribution in [3.8, 4) is 17.6 Å². The van der Waals surface area contributed by atoms with E-state index in [-0.39, 0.29) is 27.8 Å². The van der Waals surface area contributed by atoms with E-state index in [9.17, 15) is 24.4 Å². The van der Waals surface area contributed by atoms with Gasteiger partial charge in [-0.15, -0.1) is 0 Å². The predicted molar refractivity (Wildman–Crippen MR) is 172 cm³/mol. The van der Waals surface area contributed by atoms with Crippen molar-refractivity contribution in [3.05, 3.63) is 135 Å². The zero-order valence-corrected chi connectivity index (χ0v) is 24.2. The molecule has 0 radical (unpaired) electrons. The molecule has 0 atom stereocenters. The molecule has 0 aliphatic rings. The topological polar surface area (TPSA) is 176 Å². The van der Waals surface area contributed by atoms with E-state index in [1.165, 1.54) is 50.0 Å². The number of methoxy groups -OCH3 is 1. The summed E-state index contributed by atoms with van der Waals surface area (Å²) in [7, 11) is -0.357. The Morgan fingerprint density at radius 3 is 2.26 bits per heavy atom. The van der Waals surface area contributed by atoms with Crippen LogP contribution in [0, 0.1) is 11.8 Å². The summed E-state index contributed by atoms with van der Waals surface area (Å²) in [5.41, 5.74) is 6.87. The molecule has 46 heavy (non-hydrogen) atoms. The van der Waals surface area contributed by atoms with E-state index >= 15 is 0 Å². The van der Waals surface area contributed by atoms with E-state index < -0.39 is 24.4 Å². The zero-order chi connectivity index (χ0) is 32.5. The zero-order valence-electron chi connectivity index (χ0n) is 24.2. The fourth-order valence-electron chi connectivity index (χ4n) is 4.12. The number of hydrogen-bond donors (Lipinski definition) is 4. The van der Waals surface area contributed by atoms with Gasteiger partial charge >= 0.3 is 13.0 Å². The van der Waals surface area contributed by atoms with Gasteiger partial charge in [-0.05, 0) is 53.0 Å². The molecule has 13 heteroatoms. The van der Waals surface area contributed by atoms with E-state index in [2.05, 4.69) is 37.9 Å².